The van der Waals surface area contributed by atoms with Gasteiger partial charge in [-0.2, -0.15) is 0 Å². The van der Waals surface area contributed by atoms with Gasteiger partial charge in [-0.1, -0.05) is 64.9 Å². The molecule has 5 nitrogen and oxygen atoms in total. The largest absolute Gasteiger partial charge is 0.486 e. The molecule has 2 aromatic carbocycles. The lowest BCUT2D eigenvalue weighted by Gasteiger charge is -2.19. The average molecular weight is 447 g/mol. The molecule has 1 aromatic heterocycles. The maximum absolute atomic E-state index is 5.82. The van der Waals surface area contributed by atoms with E-state index in [0.29, 0.717) is 36.0 Å². The summed E-state index contributed by atoms with van der Waals surface area (Å²) < 4.78 is 18.1. The quantitative estimate of drug-likeness (QED) is 0.482. The van der Waals surface area contributed by atoms with Crippen LogP contribution in [0.4, 0.5) is 0 Å². The summed E-state index contributed by atoms with van der Waals surface area (Å²) in [6, 6.07) is 14.3. The third kappa shape index (κ3) is 4.47. The van der Waals surface area contributed by atoms with Gasteiger partial charge in [-0.05, 0) is 29.2 Å². The summed E-state index contributed by atoms with van der Waals surface area (Å²) in [5, 5.41) is 8.94. The van der Waals surface area contributed by atoms with Crippen LogP contribution in [0.1, 0.15) is 29.9 Å². The summed E-state index contributed by atoms with van der Waals surface area (Å²) in [7, 11) is 0. The molecule has 27 heavy (non-hydrogen) atoms. The number of thioether (sulfide) groups is 1. The molecule has 0 fully saturated rings. The highest BCUT2D eigenvalue weighted by Gasteiger charge is 2.17. The number of aromatic nitrogens is 2. The van der Waals surface area contributed by atoms with E-state index in [2.05, 4.69) is 45.2 Å². The fraction of sp³-hybridized carbons (Fsp3) is 0.300. The Balaban J connectivity index is 1.38. The van der Waals surface area contributed by atoms with Gasteiger partial charge in [0.05, 0.1) is 0 Å². The van der Waals surface area contributed by atoms with Gasteiger partial charge in [0.2, 0.25) is 5.89 Å². The van der Waals surface area contributed by atoms with Crippen LogP contribution in [0.25, 0.3) is 0 Å². The summed E-state index contributed by atoms with van der Waals surface area (Å²) in [6.07, 6.45) is 0.727. The number of hydrogen-bond donors (Lipinski definition) is 0. The predicted octanol–water partition coefficient (Wildman–Crippen LogP) is 5.24. The Kier molecular flexibility index (Phi) is 5.69. The van der Waals surface area contributed by atoms with Crippen LogP contribution in [0.5, 0.6) is 11.5 Å². The molecule has 0 radical (unpaired) electrons. The molecule has 140 valence electrons. The molecule has 3 aromatic rings. The van der Waals surface area contributed by atoms with Gasteiger partial charge in [-0.15, -0.1) is 10.2 Å². The Bertz CT molecular complexity index is 917. The van der Waals surface area contributed by atoms with Crippen LogP contribution < -0.4 is 9.47 Å². The Morgan fingerprint density at radius 2 is 1.81 bits per heavy atom. The van der Waals surface area contributed by atoms with E-state index >= 15 is 0 Å². The Hall–Kier alpha value is -1.99. The molecule has 4 rings (SSSR count). The maximum Gasteiger partial charge on any atom is 0.276 e. The van der Waals surface area contributed by atoms with Gasteiger partial charge in [0.15, 0.2) is 11.5 Å². The van der Waals surface area contributed by atoms with Crippen molar-refractivity contribution in [2.45, 2.75) is 30.2 Å². The molecule has 1 atom stereocenters. The highest BCUT2D eigenvalue weighted by molar-refractivity contribution is 9.10. The molecule has 0 N–H and O–H groups in total. The van der Waals surface area contributed by atoms with Crippen LogP contribution in [0.2, 0.25) is 0 Å². The van der Waals surface area contributed by atoms with Crippen molar-refractivity contribution < 1.29 is 13.9 Å². The van der Waals surface area contributed by atoms with Gasteiger partial charge in [-0.3, -0.25) is 0 Å². The molecular formula is C20H19BrN2O3S. The van der Waals surface area contributed by atoms with E-state index in [4.69, 9.17) is 13.9 Å². The van der Waals surface area contributed by atoms with Crippen molar-refractivity contribution >= 4 is 27.7 Å². The molecule has 1 unspecified atom stereocenters. The van der Waals surface area contributed by atoms with Gasteiger partial charge in [-0.25, -0.2) is 0 Å². The van der Waals surface area contributed by atoms with Crippen molar-refractivity contribution in [1.29, 1.82) is 0 Å². The predicted molar refractivity (Wildman–Crippen MR) is 108 cm³/mol. The molecule has 1 aliphatic rings. The van der Waals surface area contributed by atoms with Crippen LogP contribution in [0, 0.1) is 0 Å². The van der Waals surface area contributed by atoms with Gasteiger partial charge >= 0.3 is 0 Å². The minimum Gasteiger partial charge on any atom is -0.486 e. The summed E-state index contributed by atoms with van der Waals surface area (Å²) in [5.41, 5.74) is 2.37. The van der Waals surface area contributed by atoms with E-state index in [1.807, 2.05) is 30.3 Å². The van der Waals surface area contributed by atoms with Crippen molar-refractivity contribution in [3.63, 3.8) is 0 Å². The fourth-order valence-corrected chi connectivity index (χ4v) is 4.32. The zero-order valence-electron chi connectivity index (χ0n) is 14.9. The van der Waals surface area contributed by atoms with Gasteiger partial charge in [0, 0.05) is 16.6 Å². The first kappa shape index (κ1) is 18.4. The zero-order valence-corrected chi connectivity index (χ0v) is 17.3. The Morgan fingerprint density at radius 1 is 1.07 bits per heavy atom. The van der Waals surface area contributed by atoms with Crippen LogP contribution in [0.3, 0.4) is 0 Å². The molecule has 0 spiro atoms. The molecule has 0 saturated heterocycles. The van der Waals surface area contributed by atoms with Crippen LogP contribution in [-0.2, 0) is 12.2 Å². The number of fused-ring (bicyclic) bond motifs is 1. The van der Waals surface area contributed by atoms with E-state index in [1.54, 1.807) is 0 Å². The topological polar surface area (TPSA) is 57.4 Å². The smallest absolute Gasteiger partial charge is 0.276 e. The Labute approximate surface area is 170 Å². The summed E-state index contributed by atoms with van der Waals surface area (Å²) >= 11 is 5.11. The minimum absolute atomic E-state index is 0.330. The first-order valence-corrected chi connectivity index (χ1v) is 10.5. The lowest BCUT2D eigenvalue weighted by molar-refractivity contribution is 0.171. The lowest BCUT2D eigenvalue weighted by atomic mass is 9.98. The second-order valence-electron chi connectivity index (χ2n) is 6.35. The number of benzene rings is 2. The first-order valence-electron chi connectivity index (χ1n) is 8.77. The van der Waals surface area contributed by atoms with E-state index in [-0.39, 0.29) is 0 Å². The highest BCUT2D eigenvalue weighted by atomic mass is 79.9. The maximum atomic E-state index is 5.82. The van der Waals surface area contributed by atoms with E-state index in [1.165, 1.54) is 17.3 Å². The van der Waals surface area contributed by atoms with Crippen LogP contribution in [0.15, 0.2) is 56.6 Å². The molecule has 0 aliphatic carbocycles. The number of ether oxygens (including phenoxy) is 2. The normalized spacial score (nSPS) is 14.1. The van der Waals surface area contributed by atoms with Crippen molar-refractivity contribution in [3.8, 4) is 11.5 Å². The van der Waals surface area contributed by atoms with Crippen LogP contribution >= 0.6 is 27.7 Å². The second kappa shape index (κ2) is 8.35. The number of nitrogens with zero attached hydrogens (tertiary/aromatic N) is 2. The molecule has 0 saturated carbocycles. The standard InChI is InChI=1S/C20H19BrN2O3S/c1-13(14-5-3-2-4-6-14)9-19-22-23-20(26-19)27-12-15-10-17-18(11-16(15)21)25-8-7-24-17/h2-6,10-11,13H,7-9,12H2,1H3. The number of halogens is 1. The number of rotatable bonds is 6. The number of hydrogen-bond acceptors (Lipinski definition) is 6. The average Bonchev–Trinajstić information content (AvgIpc) is 3.14. The second-order valence-corrected chi connectivity index (χ2v) is 8.13. The van der Waals surface area contributed by atoms with E-state index in [0.717, 1.165) is 28.0 Å². The van der Waals surface area contributed by atoms with Gasteiger partial charge < -0.3 is 13.9 Å². The Morgan fingerprint density at radius 3 is 2.59 bits per heavy atom. The van der Waals surface area contributed by atoms with Crippen molar-refractivity contribution in [2.75, 3.05) is 13.2 Å². The zero-order chi connectivity index (χ0) is 18.6. The third-order valence-electron chi connectivity index (χ3n) is 4.36. The van der Waals surface area contributed by atoms with Gasteiger partial charge in [0.1, 0.15) is 13.2 Å². The lowest BCUT2D eigenvalue weighted by Crippen LogP contribution is -2.15. The van der Waals surface area contributed by atoms with E-state index in [9.17, 15) is 0 Å². The SMILES string of the molecule is CC(Cc1nnc(SCc2cc3c(cc2Br)OCCO3)o1)c1ccccc1. The van der Waals surface area contributed by atoms with Crippen LogP contribution in [-0.4, -0.2) is 23.4 Å². The molecule has 1 aliphatic heterocycles. The first-order chi connectivity index (χ1) is 13.2. The molecule has 0 amide bonds. The summed E-state index contributed by atoms with van der Waals surface area (Å²) in [4.78, 5) is 0. The molecule has 7 heteroatoms. The van der Waals surface area contributed by atoms with Crippen molar-refractivity contribution in [1.82, 2.24) is 10.2 Å². The van der Waals surface area contributed by atoms with Crippen molar-refractivity contribution in [2.24, 2.45) is 0 Å². The monoisotopic (exact) mass is 446 g/mol. The summed E-state index contributed by atoms with van der Waals surface area (Å²) in [5.74, 6) is 3.25. The molecule has 0 bridgehead atoms. The van der Waals surface area contributed by atoms with Gasteiger partial charge in [0.25, 0.3) is 5.22 Å². The molecule has 2 heterocycles. The van der Waals surface area contributed by atoms with Crippen molar-refractivity contribution in [3.05, 3.63) is 64.0 Å². The third-order valence-corrected chi connectivity index (χ3v) is 5.97. The highest BCUT2D eigenvalue weighted by Crippen LogP contribution is 2.37. The summed E-state index contributed by atoms with van der Waals surface area (Å²) in [6.45, 7) is 3.33. The minimum atomic E-state index is 0.330. The fourth-order valence-electron chi connectivity index (χ4n) is 2.90. The van der Waals surface area contributed by atoms with E-state index < -0.39 is 0 Å². The molecular weight excluding hydrogens is 428 g/mol.